The molecule has 2 saturated carbocycles. The van der Waals surface area contributed by atoms with Crippen molar-refractivity contribution in [1.82, 2.24) is 5.32 Å². The number of nitrogens with one attached hydrogen (secondary N) is 1. The Kier molecular flexibility index (Phi) is 3.08. The highest BCUT2D eigenvalue weighted by molar-refractivity contribution is 5.31. The van der Waals surface area contributed by atoms with Gasteiger partial charge in [0, 0.05) is 12.6 Å². The Bertz CT molecular complexity index is 458. The molecule has 0 spiro atoms. The second-order valence-corrected chi connectivity index (χ2v) is 6.50. The molecule has 0 amide bonds. The van der Waals surface area contributed by atoms with Crippen LogP contribution in [0.2, 0.25) is 0 Å². The van der Waals surface area contributed by atoms with Crippen LogP contribution in [0.15, 0.2) is 24.3 Å². The van der Waals surface area contributed by atoms with Gasteiger partial charge in [-0.1, -0.05) is 30.7 Å². The molecule has 2 nitrogen and oxygen atoms in total. The molecule has 4 unspecified atom stereocenters. The Balaban J connectivity index is 1.41. The van der Waals surface area contributed by atoms with Gasteiger partial charge in [-0.3, -0.25) is 0 Å². The van der Waals surface area contributed by atoms with E-state index in [1.54, 1.807) is 0 Å². The van der Waals surface area contributed by atoms with Gasteiger partial charge >= 0.3 is 0 Å². The summed E-state index contributed by atoms with van der Waals surface area (Å²) < 4.78 is 5.98. The van der Waals surface area contributed by atoms with Crippen molar-refractivity contribution in [3.63, 3.8) is 0 Å². The minimum Gasteiger partial charge on any atom is -0.372 e. The summed E-state index contributed by atoms with van der Waals surface area (Å²) >= 11 is 0. The van der Waals surface area contributed by atoms with E-state index in [1.807, 2.05) is 0 Å². The van der Waals surface area contributed by atoms with Crippen LogP contribution in [-0.4, -0.2) is 19.2 Å². The third kappa shape index (κ3) is 2.21. The molecule has 2 bridgehead atoms. The number of hydrogen-bond acceptors (Lipinski definition) is 2. The van der Waals surface area contributed by atoms with Gasteiger partial charge in [-0.25, -0.2) is 0 Å². The molecule has 2 aliphatic carbocycles. The first-order valence-corrected chi connectivity index (χ1v) is 7.83. The molecule has 19 heavy (non-hydrogen) atoms. The van der Waals surface area contributed by atoms with Gasteiger partial charge in [-0.05, 0) is 48.6 Å². The average Bonchev–Trinajstić information content (AvgIpc) is 3.07. The van der Waals surface area contributed by atoms with Gasteiger partial charge in [0.25, 0.3) is 0 Å². The monoisotopic (exact) mass is 257 g/mol. The maximum Gasteiger partial charge on any atom is 0.0952 e. The third-order valence-corrected chi connectivity index (χ3v) is 5.40. The van der Waals surface area contributed by atoms with E-state index in [0.717, 1.165) is 37.5 Å². The van der Waals surface area contributed by atoms with E-state index in [-0.39, 0.29) is 6.10 Å². The van der Waals surface area contributed by atoms with Gasteiger partial charge in [0.05, 0.1) is 12.7 Å². The number of benzene rings is 1. The molecular weight excluding hydrogens is 234 g/mol. The molecule has 0 aromatic heterocycles. The van der Waals surface area contributed by atoms with Crippen LogP contribution in [0.1, 0.15) is 42.9 Å². The van der Waals surface area contributed by atoms with Gasteiger partial charge in [0.2, 0.25) is 0 Å². The number of fused-ring (bicyclic) bond motifs is 3. The van der Waals surface area contributed by atoms with Crippen molar-refractivity contribution in [2.45, 2.75) is 44.2 Å². The highest BCUT2D eigenvalue weighted by Crippen LogP contribution is 2.44. The number of rotatable bonds is 3. The first-order valence-electron chi connectivity index (χ1n) is 7.83. The fraction of sp³-hybridized carbons (Fsp3) is 0.647. The molecule has 4 atom stereocenters. The lowest BCUT2D eigenvalue weighted by molar-refractivity contribution is 0.0392. The molecule has 1 heterocycles. The summed E-state index contributed by atoms with van der Waals surface area (Å²) in [5.74, 6) is 1.96. The lowest BCUT2D eigenvalue weighted by Gasteiger charge is -2.29. The third-order valence-electron chi connectivity index (χ3n) is 5.40. The van der Waals surface area contributed by atoms with E-state index >= 15 is 0 Å². The maximum absolute atomic E-state index is 5.98. The average molecular weight is 257 g/mol. The van der Waals surface area contributed by atoms with E-state index < -0.39 is 0 Å². The van der Waals surface area contributed by atoms with E-state index in [1.165, 1.54) is 36.8 Å². The normalized spacial score (nSPS) is 36.4. The zero-order valence-corrected chi connectivity index (χ0v) is 11.5. The molecule has 1 aromatic carbocycles. The standard InChI is InChI=1S/C17H23NO/c1-2-4-15-13(3-1)7-8-19-17(15)11-18-16-10-12-5-6-14(16)9-12/h1-4,12,14,16-18H,5-11H2. The smallest absolute Gasteiger partial charge is 0.0952 e. The van der Waals surface area contributed by atoms with Crippen LogP contribution in [0.4, 0.5) is 0 Å². The van der Waals surface area contributed by atoms with Gasteiger partial charge in [0.1, 0.15) is 0 Å². The van der Waals surface area contributed by atoms with Crippen LogP contribution < -0.4 is 5.32 Å². The molecule has 0 radical (unpaired) electrons. The summed E-state index contributed by atoms with van der Waals surface area (Å²) in [5, 5.41) is 3.80. The molecule has 0 saturated heterocycles. The Morgan fingerprint density at radius 2 is 2.11 bits per heavy atom. The van der Waals surface area contributed by atoms with Crippen molar-refractivity contribution in [2.24, 2.45) is 11.8 Å². The lowest BCUT2D eigenvalue weighted by Crippen LogP contribution is -2.38. The molecule has 1 aromatic rings. The molecule has 102 valence electrons. The summed E-state index contributed by atoms with van der Waals surface area (Å²) in [6, 6.07) is 9.53. The summed E-state index contributed by atoms with van der Waals surface area (Å²) in [4.78, 5) is 0. The van der Waals surface area contributed by atoms with Crippen LogP contribution in [0, 0.1) is 11.8 Å². The van der Waals surface area contributed by atoms with Crippen LogP contribution >= 0.6 is 0 Å². The van der Waals surface area contributed by atoms with Crippen LogP contribution in [0.25, 0.3) is 0 Å². The SMILES string of the molecule is c1ccc2c(c1)CCOC2CNC1CC2CCC1C2. The maximum atomic E-state index is 5.98. The first-order chi connectivity index (χ1) is 9.40. The number of hydrogen-bond donors (Lipinski definition) is 1. The molecular formula is C17H23NO. The van der Waals surface area contributed by atoms with Crippen molar-refractivity contribution in [3.8, 4) is 0 Å². The second-order valence-electron chi connectivity index (χ2n) is 6.50. The van der Waals surface area contributed by atoms with Crippen molar-refractivity contribution in [1.29, 1.82) is 0 Å². The van der Waals surface area contributed by atoms with E-state index in [0.29, 0.717) is 0 Å². The minimum absolute atomic E-state index is 0.268. The summed E-state index contributed by atoms with van der Waals surface area (Å²) in [7, 11) is 0. The largest absolute Gasteiger partial charge is 0.372 e. The van der Waals surface area contributed by atoms with Gasteiger partial charge in [-0.15, -0.1) is 0 Å². The highest BCUT2D eigenvalue weighted by atomic mass is 16.5. The Morgan fingerprint density at radius 1 is 1.16 bits per heavy atom. The molecule has 1 aliphatic heterocycles. The molecule has 3 aliphatic rings. The Hall–Kier alpha value is -0.860. The van der Waals surface area contributed by atoms with Crippen molar-refractivity contribution in [3.05, 3.63) is 35.4 Å². The first kappa shape index (κ1) is 11.9. The Morgan fingerprint density at radius 3 is 2.95 bits per heavy atom. The molecule has 1 N–H and O–H groups in total. The van der Waals surface area contributed by atoms with Crippen molar-refractivity contribution >= 4 is 0 Å². The quantitative estimate of drug-likeness (QED) is 0.898. The van der Waals surface area contributed by atoms with Crippen molar-refractivity contribution in [2.75, 3.05) is 13.2 Å². The van der Waals surface area contributed by atoms with Crippen LogP contribution in [0.5, 0.6) is 0 Å². The molecule has 4 rings (SSSR count). The van der Waals surface area contributed by atoms with Gasteiger partial charge in [0.15, 0.2) is 0 Å². The number of ether oxygens (including phenoxy) is 1. The fourth-order valence-corrected chi connectivity index (χ4v) is 4.40. The lowest BCUT2D eigenvalue weighted by atomic mass is 9.94. The second kappa shape index (κ2) is 4.92. The fourth-order valence-electron chi connectivity index (χ4n) is 4.40. The van der Waals surface area contributed by atoms with Gasteiger partial charge in [-0.2, -0.15) is 0 Å². The highest BCUT2D eigenvalue weighted by Gasteiger charge is 2.39. The minimum atomic E-state index is 0.268. The van der Waals surface area contributed by atoms with Gasteiger partial charge < -0.3 is 10.1 Å². The zero-order valence-electron chi connectivity index (χ0n) is 11.5. The zero-order chi connectivity index (χ0) is 12.7. The van der Waals surface area contributed by atoms with Crippen LogP contribution in [-0.2, 0) is 11.2 Å². The predicted molar refractivity (Wildman–Crippen MR) is 76.1 cm³/mol. The summed E-state index contributed by atoms with van der Waals surface area (Å²) in [5.41, 5.74) is 2.89. The molecule has 2 heteroatoms. The molecule has 2 fully saturated rings. The predicted octanol–water partition coefficient (Wildman–Crippen LogP) is 3.08. The van der Waals surface area contributed by atoms with E-state index in [9.17, 15) is 0 Å². The van der Waals surface area contributed by atoms with E-state index in [2.05, 4.69) is 29.6 Å². The van der Waals surface area contributed by atoms with Crippen molar-refractivity contribution < 1.29 is 4.74 Å². The summed E-state index contributed by atoms with van der Waals surface area (Å²) in [6.45, 7) is 1.87. The van der Waals surface area contributed by atoms with E-state index in [4.69, 9.17) is 4.74 Å². The Labute approximate surface area is 115 Å². The van der Waals surface area contributed by atoms with Crippen LogP contribution in [0.3, 0.4) is 0 Å². The summed E-state index contributed by atoms with van der Waals surface area (Å²) in [6.07, 6.45) is 7.14. The topological polar surface area (TPSA) is 21.3 Å².